The molecule has 1 aromatic heterocycles. The molecule has 2 aromatic carbocycles. The van der Waals surface area contributed by atoms with Crippen molar-refractivity contribution in [2.45, 2.75) is 45.4 Å². The Kier molecular flexibility index (Phi) is 9.05. The number of benzene rings is 2. The van der Waals surface area contributed by atoms with E-state index >= 15 is 0 Å². The molecule has 0 saturated carbocycles. The Bertz CT molecular complexity index is 1280. The van der Waals surface area contributed by atoms with Gasteiger partial charge in [-0.2, -0.15) is 0 Å². The van der Waals surface area contributed by atoms with Crippen molar-refractivity contribution in [3.63, 3.8) is 0 Å². The van der Waals surface area contributed by atoms with Crippen molar-refractivity contribution in [2.24, 2.45) is 5.92 Å². The van der Waals surface area contributed by atoms with Crippen LogP contribution in [-0.4, -0.2) is 37.3 Å². The largest absolute Gasteiger partial charge is 0.342 e. The van der Waals surface area contributed by atoms with Crippen molar-refractivity contribution in [2.75, 3.05) is 11.1 Å². The number of carbonyl (C=O) groups excluding carboxylic acids is 2. The first kappa shape index (κ1) is 27.2. The molecular formula is C24H27ClN6O4S. The fourth-order valence-electron chi connectivity index (χ4n) is 3.51. The Morgan fingerprint density at radius 2 is 1.92 bits per heavy atom. The molecule has 1 atom stereocenters. The molecule has 0 aliphatic rings. The van der Waals surface area contributed by atoms with Crippen LogP contribution in [0.1, 0.15) is 48.6 Å². The van der Waals surface area contributed by atoms with Crippen LogP contribution in [0.2, 0.25) is 5.02 Å². The molecule has 0 aliphatic heterocycles. The van der Waals surface area contributed by atoms with Gasteiger partial charge >= 0.3 is 0 Å². The molecule has 1 heterocycles. The van der Waals surface area contributed by atoms with Gasteiger partial charge in [0.05, 0.1) is 16.7 Å². The third-order valence-corrected chi connectivity index (χ3v) is 6.86. The van der Waals surface area contributed by atoms with E-state index in [2.05, 4.69) is 20.8 Å². The van der Waals surface area contributed by atoms with Crippen molar-refractivity contribution in [3.05, 3.63) is 74.6 Å². The lowest BCUT2D eigenvalue weighted by molar-refractivity contribution is -0.384. The number of nitro groups is 1. The molecular weight excluding hydrogens is 504 g/mol. The maximum atomic E-state index is 12.9. The van der Waals surface area contributed by atoms with Crippen molar-refractivity contribution in [1.82, 2.24) is 20.1 Å². The predicted octanol–water partition coefficient (Wildman–Crippen LogP) is 5.03. The minimum atomic E-state index is -0.544. The molecule has 0 aliphatic carbocycles. The van der Waals surface area contributed by atoms with Gasteiger partial charge in [-0.05, 0) is 43.5 Å². The number of hydrogen-bond acceptors (Lipinski definition) is 7. The number of non-ortho nitro benzene ring substituents is 1. The Labute approximate surface area is 218 Å². The molecule has 3 rings (SSSR count). The van der Waals surface area contributed by atoms with Crippen LogP contribution in [0.5, 0.6) is 0 Å². The number of nitro benzene ring substituents is 1. The van der Waals surface area contributed by atoms with Crippen LogP contribution in [0.25, 0.3) is 0 Å². The summed E-state index contributed by atoms with van der Waals surface area (Å²) in [7, 11) is 0. The van der Waals surface area contributed by atoms with Crippen molar-refractivity contribution in [3.8, 4) is 0 Å². The molecule has 2 N–H and O–H groups in total. The topological polar surface area (TPSA) is 132 Å². The first-order chi connectivity index (χ1) is 17.1. The number of amides is 2. The number of anilines is 1. The van der Waals surface area contributed by atoms with Crippen LogP contribution in [0, 0.1) is 23.0 Å². The van der Waals surface area contributed by atoms with E-state index in [0.29, 0.717) is 28.2 Å². The van der Waals surface area contributed by atoms with Crippen molar-refractivity contribution < 1.29 is 14.5 Å². The molecule has 12 heteroatoms. The van der Waals surface area contributed by atoms with Gasteiger partial charge in [0, 0.05) is 35.0 Å². The van der Waals surface area contributed by atoms with E-state index in [1.807, 2.05) is 32.3 Å². The quantitative estimate of drug-likeness (QED) is 0.213. The summed E-state index contributed by atoms with van der Waals surface area (Å²) in [6, 6.07) is 10.4. The number of thioether (sulfide) groups is 1. The SMILES string of the molecule is CCn1c(SCC(=O)Nc2cccc(Cl)c2C)nnc1[C@@H](NC(=O)c1cccc([N+](=O)[O-])c1)C(C)C. The first-order valence-electron chi connectivity index (χ1n) is 11.3. The molecule has 0 spiro atoms. The molecule has 10 nitrogen and oxygen atoms in total. The van der Waals surface area contributed by atoms with Crippen LogP contribution < -0.4 is 10.6 Å². The second kappa shape index (κ2) is 12.0. The molecule has 190 valence electrons. The van der Waals surface area contributed by atoms with Crippen LogP contribution in [0.15, 0.2) is 47.6 Å². The lowest BCUT2D eigenvalue weighted by Gasteiger charge is -2.22. The Hall–Kier alpha value is -3.44. The Balaban J connectivity index is 1.74. The van der Waals surface area contributed by atoms with Gasteiger partial charge in [-0.1, -0.05) is 49.3 Å². The van der Waals surface area contributed by atoms with Gasteiger partial charge in [-0.3, -0.25) is 19.7 Å². The third-order valence-electron chi connectivity index (χ3n) is 5.49. The number of aromatic nitrogens is 3. The predicted molar refractivity (Wildman–Crippen MR) is 139 cm³/mol. The highest BCUT2D eigenvalue weighted by Gasteiger charge is 2.26. The Morgan fingerprint density at radius 1 is 1.19 bits per heavy atom. The van der Waals surface area contributed by atoms with Gasteiger partial charge in [-0.15, -0.1) is 10.2 Å². The number of halogens is 1. The molecule has 0 bridgehead atoms. The second-order valence-corrected chi connectivity index (χ2v) is 9.69. The van der Waals surface area contributed by atoms with E-state index in [1.54, 1.807) is 18.2 Å². The standard InChI is InChI=1S/C24H27ClN6O4S/c1-5-30-22(21(14(2)3)27-23(33)16-8-6-9-17(12-16)31(34)35)28-29-24(30)36-13-20(32)26-19-11-7-10-18(25)15(19)4/h6-12,14,21H,5,13H2,1-4H3,(H,26,32)(H,27,33)/t21-/m0/s1. The second-order valence-electron chi connectivity index (χ2n) is 8.34. The number of hydrogen-bond donors (Lipinski definition) is 2. The van der Waals surface area contributed by atoms with Crippen LogP contribution in [0.4, 0.5) is 11.4 Å². The van der Waals surface area contributed by atoms with Crippen molar-refractivity contribution in [1.29, 1.82) is 0 Å². The molecule has 0 saturated heterocycles. The summed E-state index contributed by atoms with van der Waals surface area (Å²) in [6.07, 6.45) is 0. The highest BCUT2D eigenvalue weighted by molar-refractivity contribution is 7.99. The summed E-state index contributed by atoms with van der Waals surface area (Å²) in [5.74, 6) is -0.0596. The number of nitrogens with zero attached hydrogens (tertiary/aromatic N) is 4. The zero-order chi connectivity index (χ0) is 26.4. The number of nitrogens with one attached hydrogen (secondary N) is 2. The third kappa shape index (κ3) is 6.41. The average Bonchev–Trinajstić information content (AvgIpc) is 3.26. The maximum Gasteiger partial charge on any atom is 0.270 e. The molecule has 3 aromatic rings. The lowest BCUT2D eigenvalue weighted by atomic mass is 10.0. The zero-order valence-corrected chi connectivity index (χ0v) is 21.9. The first-order valence-corrected chi connectivity index (χ1v) is 12.6. The van der Waals surface area contributed by atoms with Gasteiger partial charge in [0.1, 0.15) is 0 Å². The maximum absolute atomic E-state index is 12.9. The lowest BCUT2D eigenvalue weighted by Crippen LogP contribution is -2.33. The highest BCUT2D eigenvalue weighted by atomic mass is 35.5. The molecule has 36 heavy (non-hydrogen) atoms. The van der Waals surface area contributed by atoms with Crippen LogP contribution in [0.3, 0.4) is 0 Å². The Morgan fingerprint density at radius 3 is 2.58 bits per heavy atom. The minimum Gasteiger partial charge on any atom is -0.342 e. The summed E-state index contributed by atoms with van der Waals surface area (Å²) in [5, 5.41) is 26.5. The van der Waals surface area contributed by atoms with Gasteiger partial charge in [0.25, 0.3) is 11.6 Å². The zero-order valence-electron chi connectivity index (χ0n) is 20.3. The summed E-state index contributed by atoms with van der Waals surface area (Å²) >= 11 is 7.36. The minimum absolute atomic E-state index is 0.0471. The summed E-state index contributed by atoms with van der Waals surface area (Å²) < 4.78 is 1.85. The highest BCUT2D eigenvalue weighted by Crippen LogP contribution is 2.27. The van der Waals surface area contributed by atoms with Crippen LogP contribution >= 0.6 is 23.4 Å². The van der Waals surface area contributed by atoms with Crippen molar-refractivity contribution >= 4 is 46.6 Å². The van der Waals surface area contributed by atoms with Crippen LogP contribution in [-0.2, 0) is 11.3 Å². The normalized spacial score (nSPS) is 11.8. The van der Waals surface area contributed by atoms with E-state index < -0.39 is 16.9 Å². The summed E-state index contributed by atoms with van der Waals surface area (Å²) in [6.45, 7) is 8.14. The number of rotatable bonds is 10. The fraction of sp³-hybridized carbons (Fsp3) is 0.333. The molecule has 0 fully saturated rings. The van der Waals surface area contributed by atoms with Gasteiger partial charge in [0.15, 0.2) is 11.0 Å². The van der Waals surface area contributed by atoms with Gasteiger partial charge < -0.3 is 15.2 Å². The van der Waals surface area contributed by atoms with E-state index in [9.17, 15) is 19.7 Å². The fourth-order valence-corrected chi connectivity index (χ4v) is 4.49. The smallest absolute Gasteiger partial charge is 0.270 e. The average molecular weight is 531 g/mol. The molecule has 2 amide bonds. The van der Waals surface area contributed by atoms with E-state index in [0.717, 1.165) is 5.56 Å². The van der Waals surface area contributed by atoms with Gasteiger partial charge in [0.2, 0.25) is 5.91 Å². The monoisotopic (exact) mass is 530 g/mol. The molecule has 0 radical (unpaired) electrons. The van der Waals surface area contributed by atoms with E-state index in [-0.39, 0.29) is 28.8 Å². The number of carbonyl (C=O) groups is 2. The van der Waals surface area contributed by atoms with E-state index in [1.165, 1.54) is 36.0 Å². The molecule has 0 unspecified atom stereocenters. The summed E-state index contributed by atoms with van der Waals surface area (Å²) in [5.41, 5.74) is 1.45. The van der Waals surface area contributed by atoms with Gasteiger partial charge in [-0.25, -0.2) is 0 Å². The summed E-state index contributed by atoms with van der Waals surface area (Å²) in [4.78, 5) is 36.0. The van der Waals surface area contributed by atoms with E-state index in [4.69, 9.17) is 11.6 Å².